The molecule has 26 heavy (non-hydrogen) atoms. The van der Waals surface area contributed by atoms with Gasteiger partial charge in [-0.2, -0.15) is 0 Å². The predicted octanol–water partition coefficient (Wildman–Crippen LogP) is 7.96. The van der Waals surface area contributed by atoms with E-state index in [1.807, 2.05) is 0 Å². The number of aryl methyl sites for hydroxylation is 3. The molecule has 0 heterocycles. The summed E-state index contributed by atoms with van der Waals surface area (Å²) in [5.74, 6) is 4.10. The van der Waals surface area contributed by atoms with Crippen molar-refractivity contribution in [1.29, 1.82) is 0 Å². The van der Waals surface area contributed by atoms with E-state index in [-0.39, 0.29) is 0 Å². The maximum atomic E-state index is 2.38. The molecule has 0 amide bonds. The van der Waals surface area contributed by atoms with E-state index in [9.17, 15) is 0 Å². The zero-order valence-electron chi connectivity index (χ0n) is 17.9. The molecule has 146 valence electrons. The molecule has 2 aliphatic rings. The van der Waals surface area contributed by atoms with Crippen LogP contribution in [0.15, 0.2) is 12.1 Å². The number of hydrogen-bond acceptors (Lipinski definition) is 0. The van der Waals surface area contributed by atoms with E-state index < -0.39 is 0 Å². The number of benzene rings is 1. The minimum atomic E-state index is 0.937. The van der Waals surface area contributed by atoms with Crippen molar-refractivity contribution in [3.05, 3.63) is 34.4 Å². The smallest absolute Gasteiger partial charge is 0.0245 e. The van der Waals surface area contributed by atoms with Crippen LogP contribution in [0, 0.1) is 44.4 Å². The molecule has 0 spiro atoms. The highest BCUT2D eigenvalue weighted by molar-refractivity contribution is 5.37. The summed E-state index contributed by atoms with van der Waals surface area (Å²) in [6, 6.07) is 4.76. The second kappa shape index (κ2) is 9.43. The van der Waals surface area contributed by atoms with Gasteiger partial charge in [0.2, 0.25) is 0 Å². The standard InChI is InChI=1S/C26H42/c1-5-6-22-7-9-23(10-8-22)17-24-11-13-25(14-12-24)18-26-20(3)15-19(2)16-21(26)4/h15-16,22-25H,5-14,17-18H2,1-4H3. The lowest BCUT2D eigenvalue weighted by Crippen LogP contribution is -2.22. The van der Waals surface area contributed by atoms with Crippen LogP contribution in [0.2, 0.25) is 0 Å². The van der Waals surface area contributed by atoms with Gasteiger partial charge in [-0.3, -0.25) is 0 Å². The Kier molecular flexibility index (Phi) is 7.24. The summed E-state index contributed by atoms with van der Waals surface area (Å²) >= 11 is 0. The summed E-state index contributed by atoms with van der Waals surface area (Å²) < 4.78 is 0. The molecule has 3 rings (SSSR count). The maximum Gasteiger partial charge on any atom is -0.0245 e. The topological polar surface area (TPSA) is 0 Å². The molecule has 0 radical (unpaired) electrons. The molecule has 0 saturated heterocycles. The van der Waals surface area contributed by atoms with Gasteiger partial charge in [0.05, 0.1) is 0 Å². The van der Waals surface area contributed by atoms with Crippen molar-refractivity contribution >= 4 is 0 Å². The van der Waals surface area contributed by atoms with E-state index >= 15 is 0 Å². The second-order valence-corrected chi connectivity index (χ2v) is 9.88. The van der Waals surface area contributed by atoms with Crippen LogP contribution in [0.5, 0.6) is 0 Å². The van der Waals surface area contributed by atoms with Crippen molar-refractivity contribution < 1.29 is 0 Å². The third kappa shape index (κ3) is 5.37. The minimum absolute atomic E-state index is 0.937. The second-order valence-electron chi connectivity index (χ2n) is 9.88. The average Bonchev–Trinajstić information content (AvgIpc) is 2.61. The van der Waals surface area contributed by atoms with Crippen molar-refractivity contribution in [2.24, 2.45) is 23.7 Å². The Morgan fingerprint density at radius 1 is 0.692 bits per heavy atom. The van der Waals surface area contributed by atoms with Crippen LogP contribution in [-0.2, 0) is 6.42 Å². The molecule has 0 atom stereocenters. The molecule has 0 heteroatoms. The zero-order chi connectivity index (χ0) is 18.5. The highest BCUT2D eigenvalue weighted by atomic mass is 14.3. The van der Waals surface area contributed by atoms with Crippen molar-refractivity contribution in [2.45, 2.75) is 105 Å². The van der Waals surface area contributed by atoms with Gasteiger partial charge < -0.3 is 0 Å². The fourth-order valence-electron chi connectivity index (χ4n) is 6.13. The maximum absolute atomic E-state index is 2.38. The Morgan fingerprint density at radius 3 is 1.65 bits per heavy atom. The SMILES string of the molecule is CCCC1CCC(CC2CCC(Cc3c(C)cc(C)cc3C)CC2)CC1. The molecule has 0 bridgehead atoms. The van der Waals surface area contributed by atoms with E-state index in [0.29, 0.717) is 0 Å². The first kappa shape index (κ1) is 20.0. The molecular formula is C26H42. The van der Waals surface area contributed by atoms with Crippen LogP contribution in [0.25, 0.3) is 0 Å². The van der Waals surface area contributed by atoms with Gasteiger partial charge in [-0.25, -0.2) is 0 Å². The summed E-state index contributed by atoms with van der Waals surface area (Å²) in [7, 11) is 0. The summed E-state index contributed by atoms with van der Waals surface area (Å²) in [5.41, 5.74) is 6.11. The first-order valence-electron chi connectivity index (χ1n) is 11.6. The van der Waals surface area contributed by atoms with E-state index in [2.05, 4.69) is 39.8 Å². The molecule has 0 aliphatic heterocycles. The highest BCUT2D eigenvalue weighted by Crippen LogP contribution is 2.40. The van der Waals surface area contributed by atoms with Crippen molar-refractivity contribution in [3.63, 3.8) is 0 Å². The van der Waals surface area contributed by atoms with Crippen LogP contribution in [0.3, 0.4) is 0 Å². The molecule has 1 aromatic carbocycles. The number of hydrogen-bond donors (Lipinski definition) is 0. The van der Waals surface area contributed by atoms with E-state index in [0.717, 1.165) is 23.7 Å². The third-order valence-corrected chi connectivity index (χ3v) is 7.63. The Hall–Kier alpha value is -0.780. The summed E-state index contributed by atoms with van der Waals surface area (Å²) in [6.07, 6.45) is 17.8. The van der Waals surface area contributed by atoms with Crippen LogP contribution in [-0.4, -0.2) is 0 Å². The molecule has 0 nitrogen and oxygen atoms in total. The van der Waals surface area contributed by atoms with Gasteiger partial charge in [-0.15, -0.1) is 0 Å². The molecular weight excluding hydrogens is 312 g/mol. The first-order valence-corrected chi connectivity index (χ1v) is 11.6. The van der Waals surface area contributed by atoms with Crippen LogP contribution in [0.4, 0.5) is 0 Å². The van der Waals surface area contributed by atoms with Crippen molar-refractivity contribution in [3.8, 4) is 0 Å². The molecule has 2 aliphatic carbocycles. The third-order valence-electron chi connectivity index (χ3n) is 7.63. The Bertz CT molecular complexity index is 530. The molecule has 0 N–H and O–H groups in total. The summed E-state index contributed by atoms with van der Waals surface area (Å²) in [4.78, 5) is 0. The molecule has 1 aromatic rings. The van der Waals surface area contributed by atoms with Gasteiger partial charge in [0, 0.05) is 0 Å². The van der Waals surface area contributed by atoms with E-state index in [1.165, 1.54) is 87.3 Å². The summed E-state index contributed by atoms with van der Waals surface area (Å²) in [5, 5.41) is 0. The molecule has 0 unspecified atom stereocenters. The van der Waals surface area contributed by atoms with Gasteiger partial charge >= 0.3 is 0 Å². The Labute approximate surface area is 163 Å². The quantitative estimate of drug-likeness (QED) is 0.486. The molecule has 0 aromatic heterocycles. The highest BCUT2D eigenvalue weighted by Gasteiger charge is 2.27. The molecule has 2 fully saturated rings. The monoisotopic (exact) mass is 354 g/mol. The van der Waals surface area contributed by atoms with E-state index in [4.69, 9.17) is 0 Å². The fraction of sp³-hybridized carbons (Fsp3) is 0.769. The first-order chi connectivity index (χ1) is 12.5. The zero-order valence-corrected chi connectivity index (χ0v) is 17.9. The molecule has 2 saturated carbocycles. The van der Waals surface area contributed by atoms with Crippen LogP contribution in [0.1, 0.15) is 99.8 Å². The Balaban J connectivity index is 1.42. The van der Waals surface area contributed by atoms with E-state index in [1.54, 1.807) is 12.0 Å². The normalized spacial score (nSPS) is 29.7. The fourth-order valence-corrected chi connectivity index (χ4v) is 6.13. The van der Waals surface area contributed by atoms with Gasteiger partial charge in [-0.1, -0.05) is 76.0 Å². The average molecular weight is 355 g/mol. The summed E-state index contributed by atoms with van der Waals surface area (Å²) in [6.45, 7) is 9.21. The largest absolute Gasteiger partial charge is 0.0654 e. The Morgan fingerprint density at radius 2 is 1.15 bits per heavy atom. The van der Waals surface area contributed by atoms with Crippen molar-refractivity contribution in [2.75, 3.05) is 0 Å². The van der Waals surface area contributed by atoms with Gasteiger partial charge in [-0.05, 0) is 86.8 Å². The predicted molar refractivity (Wildman–Crippen MR) is 115 cm³/mol. The van der Waals surface area contributed by atoms with Gasteiger partial charge in [0.15, 0.2) is 0 Å². The lowest BCUT2D eigenvalue weighted by atomic mass is 9.71. The lowest BCUT2D eigenvalue weighted by Gasteiger charge is -2.34. The van der Waals surface area contributed by atoms with Crippen molar-refractivity contribution in [1.82, 2.24) is 0 Å². The van der Waals surface area contributed by atoms with Gasteiger partial charge in [0.1, 0.15) is 0 Å². The van der Waals surface area contributed by atoms with Gasteiger partial charge in [0.25, 0.3) is 0 Å². The lowest BCUT2D eigenvalue weighted by molar-refractivity contribution is 0.187. The van der Waals surface area contributed by atoms with Crippen LogP contribution >= 0.6 is 0 Å². The van der Waals surface area contributed by atoms with Crippen LogP contribution < -0.4 is 0 Å². The minimum Gasteiger partial charge on any atom is -0.0654 e. The number of rotatable bonds is 6.